The van der Waals surface area contributed by atoms with Crippen LogP contribution in [0.2, 0.25) is 0 Å². The van der Waals surface area contributed by atoms with Crippen LogP contribution in [-0.2, 0) is 0 Å². The summed E-state index contributed by atoms with van der Waals surface area (Å²) >= 11 is 0. The van der Waals surface area contributed by atoms with Crippen LogP contribution < -0.4 is 10.9 Å². The third-order valence-corrected chi connectivity index (χ3v) is 3.62. The Kier molecular flexibility index (Phi) is 3.85. The SMILES string of the molecule is C#CCCC1(CCNC(=O)c2cc3c(=O)[nH]cnc3cn2)N=N1. The number of terminal acetylenes is 1. The predicted molar refractivity (Wildman–Crippen MR) is 82.8 cm³/mol. The van der Waals surface area contributed by atoms with Crippen molar-refractivity contribution in [3.05, 3.63) is 34.6 Å². The van der Waals surface area contributed by atoms with E-state index in [1.807, 2.05) is 0 Å². The molecule has 116 valence electrons. The molecule has 1 aliphatic rings. The van der Waals surface area contributed by atoms with E-state index in [9.17, 15) is 9.59 Å². The van der Waals surface area contributed by atoms with Crippen LogP contribution in [0.3, 0.4) is 0 Å². The van der Waals surface area contributed by atoms with Gasteiger partial charge in [-0.1, -0.05) is 0 Å². The summed E-state index contributed by atoms with van der Waals surface area (Å²) in [6, 6.07) is 1.43. The van der Waals surface area contributed by atoms with Crippen LogP contribution in [0.1, 0.15) is 29.8 Å². The first-order valence-corrected chi connectivity index (χ1v) is 7.13. The smallest absolute Gasteiger partial charge is 0.269 e. The molecule has 8 heteroatoms. The van der Waals surface area contributed by atoms with Crippen molar-refractivity contribution in [2.24, 2.45) is 10.2 Å². The van der Waals surface area contributed by atoms with Gasteiger partial charge in [0.2, 0.25) is 0 Å². The average molecular weight is 310 g/mol. The largest absolute Gasteiger partial charge is 0.351 e. The van der Waals surface area contributed by atoms with Gasteiger partial charge in [0, 0.05) is 25.8 Å². The molecule has 23 heavy (non-hydrogen) atoms. The van der Waals surface area contributed by atoms with E-state index in [4.69, 9.17) is 6.42 Å². The molecule has 1 aliphatic heterocycles. The summed E-state index contributed by atoms with van der Waals surface area (Å²) in [5.41, 5.74) is -0.139. The second kappa shape index (κ2) is 5.96. The number of fused-ring (bicyclic) bond motifs is 1. The van der Waals surface area contributed by atoms with Gasteiger partial charge in [0.25, 0.3) is 11.5 Å². The molecule has 2 aromatic heterocycles. The van der Waals surface area contributed by atoms with Gasteiger partial charge in [-0.05, 0) is 6.07 Å². The minimum atomic E-state index is -0.433. The molecule has 2 N–H and O–H groups in total. The van der Waals surface area contributed by atoms with E-state index in [1.165, 1.54) is 18.6 Å². The van der Waals surface area contributed by atoms with E-state index in [1.54, 1.807) is 0 Å². The molecule has 0 spiro atoms. The van der Waals surface area contributed by atoms with E-state index in [2.05, 4.69) is 36.4 Å². The zero-order valence-corrected chi connectivity index (χ0v) is 12.2. The van der Waals surface area contributed by atoms with Crippen molar-refractivity contribution < 1.29 is 4.79 Å². The van der Waals surface area contributed by atoms with Gasteiger partial charge in [0.1, 0.15) is 5.69 Å². The Balaban J connectivity index is 1.62. The molecule has 0 unspecified atom stereocenters. The number of pyridine rings is 1. The van der Waals surface area contributed by atoms with Gasteiger partial charge in [-0.15, -0.1) is 12.3 Å². The van der Waals surface area contributed by atoms with Gasteiger partial charge in [-0.25, -0.2) is 9.97 Å². The predicted octanol–water partition coefficient (Wildman–Crippen LogP) is 1.01. The lowest BCUT2D eigenvalue weighted by atomic mass is 10.0. The summed E-state index contributed by atoms with van der Waals surface area (Å²) in [5.74, 6) is 2.20. The Morgan fingerprint density at radius 2 is 2.17 bits per heavy atom. The van der Waals surface area contributed by atoms with E-state index in [-0.39, 0.29) is 17.2 Å². The maximum absolute atomic E-state index is 12.1. The summed E-state index contributed by atoms with van der Waals surface area (Å²) in [6.07, 6.45) is 9.81. The number of H-pyrrole nitrogens is 1. The lowest BCUT2D eigenvalue weighted by molar-refractivity contribution is 0.0947. The molecule has 0 radical (unpaired) electrons. The number of carbonyl (C=O) groups is 1. The molecule has 0 saturated heterocycles. The number of nitrogens with zero attached hydrogens (tertiary/aromatic N) is 4. The molecule has 0 atom stereocenters. The van der Waals surface area contributed by atoms with Gasteiger partial charge < -0.3 is 10.3 Å². The zero-order valence-electron chi connectivity index (χ0n) is 12.2. The highest BCUT2D eigenvalue weighted by molar-refractivity contribution is 5.95. The lowest BCUT2D eigenvalue weighted by Gasteiger charge is -2.09. The molecular weight excluding hydrogens is 296 g/mol. The first kappa shape index (κ1) is 14.8. The summed E-state index contributed by atoms with van der Waals surface area (Å²) in [5, 5.41) is 11.1. The second-order valence-corrected chi connectivity index (χ2v) is 5.21. The molecule has 0 saturated carbocycles. The minimum Gasteiger partial charge on any atom is -0.351 e. The highest BCUT2D eigenvalue weighted by Crippen LogP contribution is 2.35. The van der Waals surface area contributed by atoms with Gasteiger partial charge >= 0.3 is 0 Å². The van der Waals surface area contributed by atoms with Crippen molar-refractivity contribution in [2.75, 3.05) is 6.54 Å². The fourth-order valence-electron chi connectivity index (χ4n) is 2.23. The van der Waals surface area contributed by atoms with Crippen LogP contribution in [0.25, 0.3) is 10.9 Å². The molecule has 3 heterocycles. The molecule has 0 bridgehead atoms. The Morgan fingerprint density at radius 1 is 1.35 bits per heavy atom. The van der Waals surface area contributed by atoms with Gasteiger partial charge in [0.05, 0.1) is 23.4 Å². The molecule has 0 fully saturated rings. The Bertz CT molecular complexity index is 873. The van der Waals surface area contributed by atoms with Gasteiger partial charge in [0.15, 0.2) is 5.66 Å². The van der Waals surface area contributed by atoms with E-state index in [0.717, 1.165) is 0 Å². The molecular formula is C15H14N6O2. The number of aromatic nitrogens is 3. The Hall–Kier alpha value is -3.08. The van der Waals surface area contributed by atoms with Crippen LogP contribution in [0, 0.1) is 12.3 Å². The number of hydrogen-bond donors (Lipinski definition) is 2. The number of nitrogens with one attached hydrogen (secondary N) is 2. The van der Waals surface area contributed by atoms with Crippen LogP contribution in [0.15, 0.2) is 33.6 Å². The number of rotatable bonds is 6. The quantitative estimate of drug-likeness (QED) is 0.775. The van der Waals surface area contributed by atoms with Crippen molar-refractivity contribution in [1.29, 1.82) is 0 Å². The normalized spacial score (nSPS) is 14.4. The first-order valence-electron chi connectivity index (χ1n) is 7.13. The van der Waals surface area contributed by atoms with E-state index in [0.29, 0.717) is 36.7 Å². The average Bonchev–Trinajstić information content (AvgIpc) is 3.33. The van der Waals surface area contributed by atoms with Crippen molar-refractivity contribution in [2.45, 2.75) is 24.9 Å². The first-order chi connectivity index (χ1) is 11.1. The molecule has 0 aliphatic carbocycles. The van der Waals surface area contributed by atoms with Crippen LogP contribution >= 0.6 is 0 Å². The topological polar surface area (TPSA) is 112 Å². The van der Waals surface area contributed by atoms with Crippen LogP contribution in [-0.4, -0.2) is 33.1 Å². The summed E-state index contributed by atoms with van der Waals surface area (Å²) in [4.78, 5) is 34.3. The second-order valence-electron chi connectivity index (χ2n) is 5.21. The third kappa shape index (κ3) is 3.23. The van der Waals surface area contributed by atoms with Gasteiger partial charge in [-0.2, -0.15) is 10.2 Å². The van der Waals surface area contributed by atoms with Gasteiger partial charge in [-0.3, -0.25) is 9.59 Å². The van der Waals surface area contributed by atoms with E-state index >= 15 is 0 Å². The summed E-state index contributed by atoms with van der Waals surface area (Å²) in [7, 11) is 0. The molecule has 1 amide bonds. The van der Waals surface area contributed by atoms with Crippen molar-refractivity contribution in [1.82, 2.24) is 20.3 Å². The number of aromatic amines is 1. The van der Waals surface area contributed by atoms with Crippen LogP contribution in [0.4, 0.5) is 0 Å². The van der Waals surface area contributed by atoms with Crippen molar-refractivity contribution >= 4 is 16.8 Å². The maximum atomic E-state index is 12.1. The van der Waals surface area contributed by atoms with Crippen molar-refractivity contribution in [3.8, 4) is 12.3 Å². The number of carbonyl (C=O) groups excluding carboxylic acids is 1. The highest BCUT2D eigenvalue weighted by Gasteiger charge is 2.38. The lowest BCUT2D eigenvalue weighted by Crippen LogP contribution is -2.29. The Morgan fingerprint density at radius 3 is 2.91 bits per heavy atom. The molecule has 2 aromatic rings. The minimum absolute atomic E-state index is 0.165. The van der Waals surface area contributed by atoms with Crippen LogP contribution in [0.5, 0.6) is 0 Å². The summed E-state index contributed by atoms with van der Waals surface area (Å²) in [6.45, 7) is 0.402. The van der Waals surface area contributed by atoms with Crippen molar-refractivity contribution in [3.63, 3.8) is 0 Å². The third-order valence-electron chi connectivity index (χ3n) is 3.62. The molecule has 3 rings (SSSR count). The highest BCUT2D eigenvalue weighted by atomic mass is 16.2. The number of hydrogen-bond acceptors (Lipinski definition) is 6. The fourth-order valence-corrected chi connectivity index (χ4v) is 2.23. The zero-order chi connectivity index (χ0) is 16.3. The summed E-state index contributed by atoms with van der Waals surface area (Å²) < 4.78 is 0. The molecule has 8 nitrogen and oxygen atoms in total. The molecule has 0 aromatic carbocycles. The maximum Gasteiger partial charge on any atom is 0.269 e. The monoisotopic (exact) mass is 310 g/mol. The van der Waals surface area contributed by atoms with E-state index < -0.39 is 5.66 Å². The Labute approximate surface area is 131 Å². The number of amides is 1. The fraction of sp³-hybridized carbons (Fsp3) is 0.333. The standard InChI is InChI=1S/C15H14N6O2/c1-2-3-4-15(20-21-15)5-6-16-14(23)11-7-10-12(8-17-11)18-9-19-13(10)22/h1,7-9H,3-6H2,(H,16,23)(H,18,19,22).